The number of carbonyl (C=O) groups excluding carboxylic acids is 2. The van der Waals surface area contributed by atoms with Gasteiger partial charge in [-0.05, 0) is 35.9 Å². The molecule has 0 saturated carbocycles. The Kier molecular flexibility index (Phi) is 6.84. The Labute approximate surface area is 168 Å². The Morgan fingerprint density at radius 3 is 2.36 bits per heavy atom. The second kappa shape index (κ2) is 9.52. The number of hydrogen-bond donors (Lipinski definition) is 2. The third-order valence-corrected chi connectivity index (χ3v) is 4.91. The van der Waals surface area contributed by atoms with Gasteiger partial charge in [0.15, 0.2) is 0 Å². The topological polar surface area (TPSA) is 64.7 Å². The van der Waals surface area contributed by atoms with E-state index in [2.05, 4.69) is 10.6 Å². The summed E-state index contributed by atoms with van der Waals surface area (Å²) in [4.78, 5) is 28.2. The summed E-state index contributed by atoms with van der Waals surface area (Å²) in [7, 11) is 0. The van der Waals surface area contributed by atoms with E-state index in [1.54, 1.807) is 11.0 Å². The fourth-order valence-electron chi connectivity index (χ4n) is 2.97. The molecule has 3 amide bonds. The van der Waals surface area contributed by atoms with Gasteiger partial charge in [0.2, 0.25) is 5.91 Å². The molecule has 0 radical (unpaired) electrons. The van der Waals surface area contributed by atoms with E-state index in [0.717, 1.165) is 5.56 Å². The quantitative estimate of drug-likeness (QED) is 0.805. The summed E-state index contributed by atoms with van der Waals surface area (Å²) in [6, 6.07) is 12.9. The number of halogens is 2. The van der Waals surface area contributed by atoms with Crippen molar-refractivity contribution in [3.05, 3.63) is 64.9 Å². The SMILES string of the molecule is O=C(CN1CCN(C(=O)NCc2ccccc2Cl)CC1)Nc1ccc(F)cc1. The second-order valence-electron chi connectivity index (χ2n) is 6.57. The van der Waals surface area contributed by atoms with Gasteiger partial charge in [0, 0.05) is 43.4 Å². The molecule has 148 valence electrons. The molecule has 0 unspecified atom stereocenters. The van der Waals surface area contributed by atoms with Crippen LogP contribution in [0.1, 0.15) is 5.56 Å². The van der Waals surface area contributed by atoms with Crippen LogP contribution in [0.2, 0.25) is 5.02 Å². The molecule has 0 aromatic heterocycles. The Morgan fingerprint density at radius 1 is 1.00 bits per heavy atom. The van der Waals surface area contributed by atoms with E-state index in [1.165, 1.54) is 24.3 Å². The van der Waals surface area contributed by atoms with Crippen LogP contribution < -0.4 is 10.6 Å². The third-order valence-electron chi connectivity index (χ3n) is 4.54. The van der Waals surface area contributed by atoms with Gasteiger partial charge >= 0.3 is 6.03 Å². The molecule has 0 aliphatic carbocycles. The second-order valence-corrected chi connectivity index (χ2v) is 6.98. The van der Waals surface area contributed by atoms with Gasteiger partial charge in [0.25, 0.3) is 0 Å². The first kappa shape index (κ1) is 20.1. The van der Waals surface area contributed by atoms with Crippen molar-refractivity contribution in [1.29, 1.82) is 0 Å². The van der Waals surface area contributed by atoms with Gasteiger partial charge in [-0.25, -0.2) is 9.18 Å². The van der Waals surface area contributed by atoms with Gasteiger partial charge in [-0.3, -0.25) is 9.69 Å². The smallest absolute Gasteiger partial charge is 0.317 e. The van der Waals surface area contributed by atoms with Crippen molar-refractivity contribution in [3.63, 3.8) is 0 Å². The van der Waals surface area contributed by atoms with Crippen LogP contribution in [0.3, 0.4) is 0 Å². The number of benzene rings is 2. The Bertz CT molecular complexity index is 823. The Hall–Kier alpha value is -2.64. The van der Waals surface area contributed by atoms with Crippen LogP contribution in [0, 0.1) is 5.82 Å². The van der Waals surface area contributed by atoms with Gasteiger partial charge in [0.05, 0.1) is 6.54 Å². The summed E-state index contributed by atoms with van der Waals surface area (Å²) in [6.07, 6.45) is 0. The molecule has 1 heterocycles. The van der Waals surface area contributed by atoms with Crippen LogP contribution in [0.15, 0.2) is 48.5 Å². The van der Waals surface area contributed by atoms with Gasteiger partial charge in [-0.1, -0.05) is 29.8 Å². The van der Waals surface area contributed by atoms with Crippen molar-refractivity contribution in [2.24, 2.45) is 0 Å². The van der Waals surface area contributed by atoms with Crippen LogP contribution in [-0.2, 0) is 11.3 Å². The van der Waals surface area contributed by atoms with Gasteiger partial charge in [0.1, 0.15) is 5.82 Å². The first-order chi connectivity index (χ1) is 13.5. The summed E-state index contributed by atoms with van der Waals surface area (Å²) in [5.74, 6) is -0.509. The van der Waals surface area contributed by atoms with E-state index in [0.29, 0.717) is 43.4 Å². The largest absolute Gasteiger partial charge is 0.334 e. The molecule has 1 aliphatic rings. The molecule has 6 nitrogen and oxygen atoms in total. The molecule has 1 fully saturated rings. The lowest BCUT2D eigenvalue weighted by Crippen LogP contribution is -2.52. The van der Waals surface area contributed by atoms with Crippen molar-refractivity contribution in [2.75, 3.05) is 38.0 Å². The predicted octanol–water partition coefficient (Wildman–Crippen LogP) is 2.95. The average molecular weight is 405 g/mol. The lowest BCUT2D eigenvalue weighted by Gasteiger charge is -2.34. The zero-order valence-electron chi connectivity index (χ0n) is 15.3. The van der Waals surface area contributed by atoms with Crippen molar-refractivity contribution < 1.29 is 14.0 Å². The van der Waals surface area contributed by atoms with E-state index in [9.17, 15) is 14.0 Å². The fraction of sp³-hybridized carbons (Fsp3) is 0.300. The molecule has 1 aliphatic heterocycles. The van der Waals surface area contributed by atoms with E-state index in [4.69, 9.17) is 11.6 Å². The van der Waals surface area contributed by atoms with E-state index in [-0.39, 0.29) is 24.3 Å². The molecule has 28 heavy (non-hydrogen) atoms. The number of carbonyl (C=O) groups is 2. The van der Waals surface area contributed by atoms with Gasteiger partial charge in [-0.2, -0.15) is 0 Å². The van der Waals surface area contributed by atoms with Crippen LogP contribution in [0.5, 0.6) is 0 Å². The maximum absolute atomic E-state index is 12.9. The molecule has 3 rings (SSSR count). The fourth-order valence-corrected chi connectivity index (χ4v) is 3.17. The number of piperazine rings is 1. The highest BCUT2D eigenvalue weighted by Crippen LogP contribution is 2.14. The maximum atomic E-state index is 12.9. The lowest BCUT2D eigenvalue weighted by molar-refractivity contribution is -0.117. The van der Waals surface area contributed by atoms with Crippen molar-refractivity contribution in [1.82, 2.24) is 15.1 Å². The van der Waals surface area contributed by atoms with Gasteiger partial charge in [-0.15, -0.1) is 0 Å². The highest BCUT2D eigenvalue weighted by Gasteiger charge is 2.22. The van der Waals surface area contributed by atoms with Crippen LogP contribution in [-0.4, -0.2) is 54.5 Å². The Balaban J connectivity index is 1.40. The number of rotatable bonds is 5. The molecular formula is C20H22ClFN4O2. The first-order valence-corrected chi connectivity index (χ1v) is 9.43. The van der Waals surface area contributed by atoms with Crippen molar-refractivity contribution >= 4 is 29.2 Å². The zero-order valence-corrected chi connectivity index (χ0v) is 16.1. The molecule has 0 atom stereocenters. The first-order valence-electron chi connectivity index (χ1n) is 9.05. The molecule has 2 N–H and O–H groups in total. The number of nitrogens with zero attached hydrogens (tertiary/aromatic N) is 2. The van der Waals surface area contributed by atoms with Crippen LogP contribution >= 0.6 is 11.6 Å². The minimum Gasteiger partial charge on any atom is -0.334 e. The number of urea groups is 1. The monoisotopic (exact) mass is 404 g/mol. The number of amides is 3. The molecular weight excluding hydrogens is 383 g/mol. The average Bonchev–Trinajstić information content (AvgIpc) is 2.69. The zero-order chi connectivity index (χ0) is 19.9. The summed E-state index contributed by atoms with van der Waals surface area (Å²) < 4.78 is 12.9. The summed E-state index contributed by atoms with van der Waals surface area (Å²) in [5, 5.41) is 6.24. The maximum Gasteiger partial charge on any atom is 0.317 e. The highest BCUT2D eigenvalue weighted by molar-refractivity contribution is 6.31. The van der Waals surface area contributed by atoms with E-state index in [1.807, 2.05) is 23.1 Å². The Morgan fingerprint density at radius 2 is 1.68 bits per heavy atom. The lowest BCUT2D eigenvalue weighted by atomic mass is 10.2. The molecule has 2 aromatic rings. The highest BCUT2D eigenvalue weighted by atomic mass is 35.5. The van der Waals surface area contributed by atoms with E-state index < -0.39 is 0 Å². The molecule has 0 spiro atoms. The van der Waals surface area contributed by atoms with Crippen LogP contribution in [0.25, 0.3) is 0 Å². The molecule has 2 aromatic carbocycles. The predicted molar refractivity (Wildman–Crippen MR) is 107 cm³/mol. The minimum absolute atomic E-state index is 0.143. The standard InChI is InChI=1S/C20H22ClFN4O2/c21-18-4-2-1-3-15(18)13-23-20(28)26-11-9-25(10-12-26)14-19(27)24-17-7-5-16(22)6-8-17/h1-8H,9-14H2,(H,23,28)(H,24,27). The molecule has 8 heteroatoms. The van der Waals surface area contributed by atoms with E-state index >= 15 is 0 Å². The number of nitrogens with one attached hydrogen (secondary N) is 2. The minimum atomic E-state index is -0.345. The van der Waals surface area contributed by atoms with Gasteiger partial charge < -0.3 is 15.5 Å². The normalized spacial score (nSPS) is 14.6. The molecule has 1 saturated heterocycles. The summed E-state index contributed by atoms with van der Waals surface area (Å²) in [6.45, 7) is 2.90. The summed E-state index contributed by atoms with van der Waals surface area (Å²) in [5.41, 5.74) is 1.43. The number of anilines is 1. The summed E-state index contributed by atoms with van der Waals surface area (Å²) >= 11 is 6.10. The van der Waals surface area contributed by atoms with Crippen molar-refractivity contribution in [3.8, 4) is 0 Å². The third kappa shape index (κ3) is 5.68. The van der Waals surface area contributed by atoms with Crippen LogP contribution in [0.4, 0.5) is 14.9 Å². The van der Waals surface area contributed by atoms with Crippen molar-refractivity contribution in [2.45, 2.75) is 6.54 Å². The number of hydrogen-bond acceptors (Lipinski definition) is 3. The molecule has 0 bridgehead atoms.